The van der Waals surface area contributed by atoms with Gasteiger partial charge in [0.2, 0.25) is 5.09 Å². The minimum absolute atomic E-state index is 0.0130. The molecule has 0 radical (unpaired) electrons. The molecule has 1 saturated heterocycles. The maximum atomic E-state index is 12.7. The summed E-state index contributed by atoms with van der Waals surface area (Å²) in [7, 11) is -3.95. The zero-order valence-corrected chi connectivity index (χ0v) is 14.0. The van der Waals surface area contributed by atoms with Crippen molar-refractivity contribution in [3.05, 3.63) is 53.8 Å². The number of hydrogen-bond donors (Lipinski definition) is 1. The Hall–Kier alpha value is -2.12. The number of sulfonamides is 1. The van der Waals surface area contributed by atoms with E-state index in [1.165, 1.54) is 17.7 Å². The molecule has 1 atom stereocenters. The SMILES string of the molecule is NS(=O)(=O)c1ccc(C(=O)N2CCCCC2Cc2ccccc2)o1. The molecular weight excluding hydrogens is 328 g/mol. The van der Waals surface area contributed by atoms with E-state index in [0.29, 0.717) is 6.54 Å². The van der Waals surface area contributed by atoms with Crippen LogP contribution in [0.4, 0.5) is 0 Å². The third-order valence-electron chi connectivity index (χ3n) is 4.27. The van der Waals surface area contributed by atoms with Crippen LogP contribution in [-0.2, 0) is 16.4 Å². The number of nitrogens with two attached hydrogens (primary N) is 1. The molecule has 1 amide bonds. The highest BCUT2D eigenvalue weighted by Crippen LogP contribution is 2.24. The number of carbonyl (C=O) groups excluding carboxylic acids is 1. The first-order valence-corrected chi connectivity index (χ1v) is 9.47. The standard InChI is InChI=1S/C17H20N2O4S/c18-24(21,22)16-10-9-15(23-16)17(20)19-11-5-4-8-14(19)12-13-6-2-1-3-7-13/h1-3,6-7,9-10,14H,4-5,8,11-12H2,(H2,18,21,22). The van der Waals surface area contributed by atoms with Gasteiger partial charge in [-0.1, -0.05) is 30.3 Å². The zero-order chi connectivity index (χ0) is 17.2. The van der Waals surface area contributed by atoms with Crippen LogP contribution in [0.15, 0.2) is 52.0 Å². The number of primary sulfonamides is 1. The van der Waals surface area contributed by atoms with Gasteiger partial charge in [0.05, 0.1) is 0 Å². The number of furan rings is 1. The van der Waals surface area contributed by atoms with E-state index in [2.05, 4.69) is 0 Å². The van der Waals surface area contributed by atoms with Crippen molar-refractivity contribution < 1.29 is 17.6 Å². The minimum atomic E-state index is -3.95. The molecule has 2 N–H and O–H groups in total. The fourth-order valence-electron chi connectivity index (χ4n) is 3.10. The van der Waals surface area contributed by atoms with Gasteiger partial charge < -0.3 is 9.32 Å². The maximum Gasteiger partial charge on any atom is 0.289 e. The van der Waals surface area contributed by atoms with Gasteiger partial charge in [0.25, 0.3) is 15.9 Å². The number of nitrogens with zero attached hydrogens (tertiary/aromatic N) is 1. The van der Waals surface area contributed by atoms with E-state index >= 15 is 0 Å². The topological polar surface area (TPSA) is 93.6 Å². The van der Waals surface area contributed by atoms with E-state index in [-0.39, 0.29) is 22.8 Å². The lowest BCUT2D eigenvalue weighted by molar-refractivity contribution is 0.0575. The summed E-state index contributed by atoms with van der Waals surface area (Å²) in [6.45, 7) is 0.641. The van der Waals surface area contributed by atoms with Crippen LogP contribution in [0.5, 0.6) is 0 Å². The van der Waals surface area contributed by atoms with Crippen molar-refractivity contribution in [2.45, 2.75) is 36.8 Å². The molecule has 1 aliphatic rings. The Kier molecular flexibility index (Phi) is 4.73. The van der Waals surface area contributed by atoms with Crippen LogP contribution in [0.2, 0.25) is 0 Å². The van der Waals surface area contributed by atoms with Crippen molar-refractivity contribution in [1.82, 2.24) is 4.90 Å². The van der Waals surface area contributed by atoms with E-state index in [1.54, 1.807) is 4.90 Å². The van der Waals surface area contributed by atoms with Gasteiger partial charge in [-0.3, -0.25) is 4.79 Å². The van der Waals surface area contributed by atoms with E-state index in [4.69, 9.17) is 9.56 Å². The van der Waals surface area contributed by atoms with Gasteiger partial charge in [-0.2, -0.15) is 0 Å². The average Bonchev–Trinajstić information content (AvgIpc) is 3.06. The van der Waals surface area contributed by atoms with Crippen LogP contribution < -0.4 is 5.14 Å². The van der Waals surface area contributed by atoms with Crippen LogP contribution in [0.1, 0.15) is 35.4 Å². The molecular formula is C17H20N2O4S. The lowest BCUT2D eigenvalue weighted by Crippen LogP contribution is -2.44. The molecule has 0 aliphatic carbocycles. The Balaban J connectivity index is 1.79. The first-order valence-electron chi connectivity index (χ1n) is 7.92. The second-order valence-electron chi connectivity index (χ2n) is 6.00. The number of rotatable bonds is 4. The van der Waals surface area contributed by atoms with Crippen LogP contribution in [-0.4, -0.2) is 31.8 Å². The summed E-state index contributed by atoms with van der Waals surface area (Å²) in [5.74, 6) is -0.274. The van der Waals surface area contributed by atoms with Crippen LogP contribution in [0.25, 0.3) is 0 Å². The van der Waals surface area contributed by atoms with Crippen molar-refractivity contribution in [2.24, 2.45) is 5.14 Å². The lowest BCUT2D eigenvalue weighted by Gasteiger charge is -2.35. The second-order valence-corrected chi connectivity index (χ2v) is 7.49. The molecule has 3 rings (SSSR count). The van der Waals surface area contributed by atoms with Gasteiger partial charge in [0, 0.05) is 12.6 Å². The van der Waals surface area contributed by atoms with Gasteiger partial charge in [0.1, 0.15) is 0 Å². The van der Waals surface area contributed by atoms with Crippen LogP contribution >= 0.6 is 0 Å². The molecule has 1 unspecified atom stereocenters. The molecule has 128 valence electrons. The van der Waals surface area contributed by atoms with Crippen molar-refractivity contribution in [2.75, 3.05) is 6.54 Å². The van der Waals surface area contributed by atoms with Gasteiger partial charge in [-0.15, -0.1) is 0 Å². The number of amides is 1. The van der Waals surface area contributed by atoms with E-state index < -0.39 is 10.0 Å². The Morgan fingerprint density at radius 3 is 2.58 bits per heavy atom. The van der Waals surface area contributed by atoms with Gasteiger partial charge in [0.15, 0.2) is 5.76 Å². The monoisotopic (exact) mass is 348 g/mol. The molecule has 2 aromatic rings. The molecule has 1 aromatic heterocycles. The number of hydrogen-bond acceptors (Lipinski definition) is 4. The lowest BCUT2D eigenvalue weighted by atomic mass is 9.95. The van der Waals surface area contributed by atoms with Crippen LogP contribution in [0, 0.1) is 0 Å². The summed E-state index contributed by atoms with van der Waals surface area (Å²) in [6.07, 6.45) is 3.69. The summed E-state index contributed by atoms with van der Waals surface area (Å²) >= 11 is 0. The smallest absolute Gasteiger partial charge is 0.289 e. The summed E-state index contributed by atoms with van der Waals surface area (Å²) in [4.78, 5) is 14.5. The molecule has 2 heterocycles. The van der Waals surface area contributed by atoms with Gasteiger partial charge in [-0.05, 0) is 43.4 Å². The third kappa shape index (κ3) is 3.68. The highest BCUT2D eigenvalue weighted by Gasteiger charge is 2.30. The summed E-state index contributed by atoms with van der Waals surface area (Å²) in [5.41, 5.74) is 1.17. The molecule has 0 bridgehead atoms. The molecule has 6 nitrogen and oxygen atoms in total. The summed E-state index contributed by atoms with van der Waals surface area (Å²) in [6, 6.07) is 12.7. The molecule has 0 spiro atoms. The quantitative estimate of drug-likeness (QED) is 0.916. The summed E-state index contributed by atoms with van der Waals surface area (Å²) in [5, 5.41) is 4.65. The number of likely N-dealkylation sites (tertiary alicyclic amines) is 1. The molecule has 1 fully saturated rings. The molecule has 1 aliphatic heterocycles. The molecule has 0 saturated carbocycles. The first kappa shape index (κ1) is 16.7. The minimum Gasteiger partial charge on any atom is -0.438 e. The van der Waals surface area contributed by atoms with Crippen molar-refractivity contribution in [3.8, 4) is 0 Å². The van der Waals surface area contributed by atoms with Crippen molar-refractivity contribution in [1.29, 1.82) is 0 Å². The Morgan fingerprint density at radius 2 is 1.92 bits per heavy atom. The molecule has 1 aromatic carbocycles. The third-order valence-corrected chi connectivity index (χ3v) is 5.05. The highest BCUT2D eigenvalue weighted by atomic mass is 32.2. The summed E-state index contributed by atoms with van der Waals surface area (Å²) < 4.78 is 27.8. The van der Waals surface area contributed by atoms with Crippen molar-refractivity contribution >= 4 is 15.9 Å². The number of benzene rings is 1. The average molecular weight is 348 g/mol. The molecule has 7 heteroatoms. The van der Waals surface area contributed by atoms with E-state index in [0.717, 1.165) is 25.7 Å². The maximum absolute atomic E-state index is 12.7. The van der Waals surface area contributed by atoms with E-state index in [1.807, 2.05) is 30.3 Å². The largest absolute Gasteiger partial charge is 0.438 e. The number of piperidine rings is 1. The fourth-order valence-corrected chi connectivity index (χ4v) is 3.56. The Bertz CT molecular complexity index is 814. The van der Waals surface area contributed by atoms with E-state index in [9.17, 15) is 13.2 Å². The Labute approximate surface area is 141 Å². The molecule has 24 heavy (non-hydrogen) atoms. The number of carbonyl (C=O) groups is 1. The Morgan fingerprint density at radius 1 is 1.17 bits per heavy atom. The second kappa shape index (κ2) is 6.78. The predicted octanol–water partition coefficient (Wildman–Crippen LogP) is 2.16. The van der Waals surface area contributed by atoms with Crippen molar-refractivity contribution in [3.63, 3.8) is 0 Å². The van der Waals surface area contributed by atoms with Gasteiger partial charge in [-0.25, -0.2) is 13.6 Å². The van der Waals surface area contributed by atoms with Gasteiger partial charge >= 0.3 is 0 Å². The normalized spacial score (nSPS) is 18.5. The first-order chi connectivity index (χ1) is 11.4. The predicted molar refractivity (Wildman–Crippen MR) is 88.9 cm³/mol. The van der Waals surface area contributed by atoms with Crippen LogP contribution in [0.3, 0.4) is 0 Å². The zero-order valence-electron chi connectivity index (χ0n) is 13.2. The highest BCUT2D eigenvalue weighted by molar-refractivity contribution is 7.89. The fraction of sp³-hybridized carbons (Fsp3) is 0.353.